The molecule has 2 rings (SSSR count). The fourth-order valence-electron chi connectivity index (χ4n) is 3.64. The van der Waals surface area contributed by atoms with E-state index in [9.17, 15) is 0 Å². The molecule has 0 unspecified atom stereocenters. The minimum Gasteiger partial charge on any atom is -0.0885 e. The van der Waals surface area contributed by atoms with Crippen LogP contribution in [0.1, 0.15) is 128 Å². The van der Waals surface area contributed by atoms with Gasteiger partial charge in [-0.15, -0.1) is 0 Å². The van der Waals surface area contributed by atoms with Gasteiger partial charge in [0, 0.05) is 0 Å². The van der Waals surface area contributed by atoms with Crippen LogP contribution in [0.4, 0.5) is 0 Å². The molecule has 0 aromatic rings. The Labute approximate surface area is 153 Å². The molecule has 0 aromatic heterocycles. The molecule has 2 aliphatic rings. The molecule has 0 heterocycles. The summed E-state index contributed by atoms with van der Waals surface area (Å²) in [7, 11) is 0. The summed E-state index contributed by atoms with van der Waals surface area (Å²) in [4.78, 5) is 0. The molecule has 0 N–H and O–H groups in total. The largest absolute Gasteiger partial charge is 0.0885 e. The van der Waals surface area contributed by atoms with Crippen LogP contribution in [-0.2, 0) is 0 Å². The molecule has 0 bridgehead atoms. The molecule has 0 fully saturated rings. The Morgan fingerprint density at radius 3 is 0.583 bits per heavy atom. The Hall–Kier alpha value is -0.520. The van der Waals surface area contributed by atoms with Crippen molar-refractivity contribution in [2.45, 2.75) is 128 Å². The Kier molecular flexibility index (Phi) is 16.9. The van der Waals surface area contributed by atoms with Gasteiger partial charge in [-0.25, -0.2) is 0 Å². The normalized spacial score (nSPS) is 22.7. The maximum absolute atomic E-state index is 2.38. The van der Waals surface area contributed by atoms with Crippen LogP contribution >= 0.6 is 0 Å². The van der Waals surface area contributed by atoms with Crippen molar-refractivity contribution in [2.24, 2.45) is 0 Å². The Morgan fingerprint density at radius 1 is 0.208 bits per heavy atom. The number of hydrogen-bond acceptors (Lipinski definition) is 0. The topological polar surface area (TPSA) is 0 Å². The Bertz CT molecular complexity index is 228. The number of hydrogen-bond donors (Lipinski definition) is 0. The summed E-state index contributed by atoms with van der Waals surface area (Å²) >= 11 is 0. The van der Waals surface area contributed by atoms with Gasteiger partial charge in [-0.3, -0.25) is 0 Å². The van der Waals surface area contributed by atoms with Crippen molar-refractivity contribution < 1.29 is 0 Å². The second kappa shape index (κ2) is 18.8. The smallest absolute Gasteiger partial charge is 0.0351 e. The Balaban J connectivity index is 0.000000240. The van der Waals surface area contributed by atoms with E-state index < -0.39 is 0 Å². The van der Waals surface area contributed by atoms with E-state index >= 15 is 0 Å². The van der Waals surface area contributed by atoms with E-state index in [0.29, 0.717) is 0 Å². The molecule has 0 amide bonds. The first-order valence-corrected chi connectivity index (χ1v) is 11.3. The van der Waals surface area contributed by atoms with Crippen molar-refractivity contribution in [2.75, 3.05) is 0 Å². The summed E-state index contributed by atoms with van der Waals surface area (Å²) in [6.07, 6.45) is 38.0. The van der Waals surface area contributed by atoms with E-state index in [4.69, 9.17) is 0 Å². The van der Waals surface area contributed by atoms with E-state index in [1.807, 2.05) is 0 Å². The van der Waals surface area contributed by atoms with Crippen molar-refractivity contribution in [3.05, 3.63) is 24.3 Å². The molecule has 0 aromatic carbocycles. The third kappa shape index (κ3) is 16.3. The Morgan fingerprint density at radius 2 is 0.375 bits per heavy atom. The molecular formula is C24H44. The zero-order chi connectivity index (χ0) is 17.0. The van der Waals surface area contributed by atoms with Crippen molar-refractivity contribution in [1.82, 2.24) is 0 Å². The van der Waals surface area contributed by atoms with Gasteiger partial charge in [0.05, 0.1) is 0 Å². The van der Waals surface area contributed by atoms with Gasteiger partial charge in [0.25, 0.3) is 0 Å². The fourth-order valence-corrected chi connectivity index (χ4v) is 3.64. The van der Waals surface area contributed by atoms with Crippen LogP contribution in [-0.4, -0.2) is 0 Å². The third-order valence-corrected chi connectivity index (χ3v) is 5.32. The molecule has 0 radical (unpaired) electrons. The highest BCUT2D eigenvalue weighted by Crippen LogP contribution is 2.13. The average Bonchev–Trinajstić information content (AvgIpc) is 2.56. The zero-order valence-electron chi connectivity index (χ0n) is 16.5. The van der Waals surface area contributed by atoms with E-state index in [0.717, 1.165) is 0 Å². The maximum Gasteiger partial charge on any atom is -0.0351 e. The van der Waals surface area contributed by atoms with Crippen LogP contribution in [0.2, 0.25) is 0 Å². The van der Waals surface area contributed by atoms with Gasteiger partial charge in [-0.1, -0.05) is 101 Å². The van der Waals surface area contributed by atoms with Gasteiger partial charge in [-0.2, -0.15) is 0 Å². The van der Waals surface area contributed by atoms with E-state index in [-0.39, 0.29) is 0 Å². The van der Waals surface area contributed by atoms with Crippen LogP contribution in [0.5, 0.6) is 0 Å². The van der Waals surface area contributed by atoms with Crippen LogP contribution in [0.25, 0.3) is 0 Å². The average molecular weight is 333 g/mol. The highest BCUT2D eigenvalue weighted by molar-refractivity contribution is 4.82. The lowest BCUT2D eigenvalue weighted by Crippen LogP contribution is -1.82. The lowest BCUT2D eigenvalue weighted by atomic mass is 10.0. The van der Waals surface area contributed by atoms with Gasteiger partial charge < -0.3 is 0 Å². The number of rotatable bonds is 0. The molecule has 0 heteroatoms. The monoisotopic (exact) mass is 332 g/mol. The van der Waals surface area contributed by atoms with E-state index in [2.05, 4.69) is 24.3 Å². The predicted molar refractivity (Wildman–Crippen MR) is 111 cm³/mol. The molecule has 0 saturated carbocycles. The summed E-state index contributed by atoms with van der Waals surface area (Å²) in [6, 6.07) is 0. The second-order valence-electron chi connectivity index (χ2n) is 7.75. The molecule has 0 nitrogen and oxygen atoms in total. The quantitative estimate of drug-likeness (QED) is 0.388. The molecule has 0 saturated heterocycles. The minimum absolute atomic E-state index is 1.32. The third-order valence-electron chi connectivity index (χ3n) is 5.32. The summed E-state index contributed by atoms with van der Waals surface area (Å²) < 4.78 is 0. The first-order valence-electron chi connectivity index (χ1n) is 11.3. The first kappa shape index (κ1) is 21.5. The molecule has 140 valence electrons. The summed E-state index contributed by atoms with van der Waals surface area (Å²) in [6.45, 7) is 0. The van der Waals surface area contributed by atoms with Crippen LogP contribution in [0.15, 0.2) is 24.3 Å². The zero-order valence-corrected chi connectivity index (χ0v) is 16.5. The van der Waals surface area contributed by atoms with Gasteiger partial charge in [0.1, 0.15) is 0 Å². The van der Waals surface area contributed by atoms with Gasteiger partial charge >= 0.3 is 0 Å². The molecule has 2 aliphatic carbocycles. The lowest BCUT2D eigenvalue weighted by molar-refractivity contribution is 0.566. The van der Waals surface area contributed by atoms with Crippen LogP contribution in [0.3, 0.4) is 0 Å². The minimum atomic E-state index is 1.32. The van der Waals surface area contributed by atoms with Crippen molar-refractivity contribution in [3.63, 3.8) is 0 Å². The molecule has 0 spiro atoms. The van der Waals surface area contributed by atoms with E-state index in [1.54, 1.807) is 0 Å². The summed E-state index contributed by atoms with van der Waals surface area (Å²) in [5.41, 5.74) is 0. The highest BCUT2D eigenvalue weighted by atomic mass is 14.0. The van der Waals surface area contributed by atoms with Crippen molar-refractivity contribution in [3.8, 4) is 0 Å². The lowest BCUT2D eigenvalue weighted by Gasteiger charge is -2.02. The SMILES string of the molecule is C1=CCCCCCCCCCC1.C1=CCCCCCCCCCC1. The van der Waals surface area contributed by atoms with Crippen LogP contribution in [0, 0.1) is 0 Å². The first-order chi connectivity index (χ1) is 12.0. The standard InChI is InChI=1S/2C12H22/c2*1-2-4-6-8-10-12-11-9-7-5-3-1/h2*1-2H,3-12H2. The van der Waals surface area contributed by atoms with Crippen LogP contribution < -0.4 is 0 Å². The highest BCUT2D eigenvalue weighted by Gasteiger charge is 1.93. The predicted octanol–water partition coefficient (Wildman–Crippen LogP) is 8.91. The molecule has 0 aliphatic heterocycles. The van der Waals surface area contributed by atoms with E-state index in [1.165, 1.54) is 128 Å². The maximum atomic E-state index is 2.38. The van der Waals surface area contributed by atoms with Gasteiger partial charge in [0.2, 0.25) is 0 Å². The molecular weight excluding hydrogens is 288 g/mol. The van der Waals surface area contributed by atoms with Gasteiger partial charge in [0.15, 0.2) is 0 Å². The summed E-state index contributed by atoms with van der Waals surface area (Å²) in [5.74, 6) is 0. The second-order valence-corrected chi connectivity index (χ2v) is 7.75. The van der Waals surface area contributed by atoms with Gasteiger partial charge in [-0.05, 0) is 51.4 Å². The molecule has 24 heavy (non-hydrogen) atoms. The molecule has 0 atom stereocenters. The van der Waals surface area contributed by atoms with Crippen molar-refractivity contribution >= 4 is 0 Å². The number of allylic oxidation sites excluding steroid dienone is 4. The van der Waals surface area contributed by atoms with Crippen molar-refractivity contribution in [1.29, 1.82) is 0 Å². The summed E-state index contributed by atoms with van der Waals surface area (Å²) in [5, 5.41) is 0. The fraction of sp³-hybridized carbons (Fsp3) is 0.833.